The maximum atomic E-state index is 10.3. The zero-order valence-corrected chi connectivity index (χ0v) is 17.3. The van der Waals surface area contributed by atoms with E-state index in [9.17, 15) is 4.79 Å². The van der Waals surface area contributed by atoms with Gasteiger partial charge in [0.25, 0.3) is 0 Å². The topological polar surface area (TPSA) is 73.7 Å². The summed E-state index contributed by atoms with van der Waals surface area (Å²) in [7, 11) is 4.19. The van der Waals surface area contributed by atoms with Crippen LogP contribution in [0.4, 0.5) is 0 Å². The first-order valence-electron chi connectivity index (χ1n) is 9.21. The van der Waals surface area contributed by atoms with Crippen LogP contribution in [0.25, 0.3) is 0 Å². The molecule has 0 aliphatic heterocycles. The lowest BCUT2D eigenvalue weighted by Gasteiger charge is -2.19. The molecular formula is C23H25ClN2O3. The Morgan fingerprint density at radius 3 is 2.21 bits per heavy atom. The molecule has 0 aliphatic carbocycles. The monoisotopic (exact) mass is 412 g/mol. The number of carboxylic acid groups (broad SMARTS) is 1. The summed E-state index contributed by atoms with van der Waals surface area (Å²) in [5.74, 6) is -0.992. The fraction of sp³-hybridized carbons (Fsp3) is 0.217. The zero-order chi connectivity index (χ0) is 21.2. The molecule has 2 aromatic carbocycles. The van der Waals surface area contributed by atoms with Crippen LogP contribution in [-0.2, 0) is 0 Å². The van der Waals surface area contributed by atoms with Gasteiger partial charge in [-0.15, -0.1) is 0 Å². The summed E-state index contributed by atoms with van der Waals surface area (Å²) in [6, 6.07) is 20.0. The molecule has 3 aromatic rings. The molecule has 0 spiro atoms. The highest BCUT2D eigenvalue weighted by atomic mass is 35.5. The minimum atomic E-state index is -1.11. The van der Waals surface area contributed by atoms with Gasteiger partial charge in [0.05, 0.1) is 0 Å². The average molecular weight is 413 g/mol. The molecule has 1 heterocycles. The Hall–Kier alpha value is -2.89. The number of carboxylic acids is 1. The molecule has 0 radical (unpaired) electrons. The fourth-order valence-corrected chi connectivity index (χ4v) is 2.93. The van der Waals surface area contributed by atoms with E-state index in [1.54, 1.807) is 12.1 Å². The van der Waals surface area contributed by atoms with Crippen LogP contribution in [0.5, 0.6) is 5.75 Å². The second kappa shape index (κ2) is 11.2. The molecule has 1 aromatic heterocycles. The highest BCUT2D eigenvalue weighted by Gasteiger charge is 2.15. The SMILES string of the molecule is CN(C)CCC(c1ccc(Cl)cc1)c1ccccn1.O=C(O)c1ccccc1O. The van der Waals surface area contributed by atoms with Crippen molar-refractivity contribution in [3.63, 3.8) is 0 Å². The summed E-state index contributed by atoms with van der Waals surface area (Å²) in [4.78, 5) is 17.0. The molecule has 5 nitrogen and oxygen atoms in total. The molecular weight excluding hydrogens is 388 g/mol. The molecule has 0 fully saturated rings. The van der Waals surface area contributed by atoms with Crippen molar-refractivity contribution < 1.29 is 15.0 Å². The van der Waals surface area contributed by atoms with E-state index in [0.29, 0.717) is 5.92 Å². The largest absolute Gasteiger partial charge is 0.507 e. The number of rotatable bonds is 6. The average Bonchev–Trinajstić information content (AvgIpc) is 2.71. The number of hydrogen-bond acceptors (Lipinski definition) is 4. The number of aromatic hydroxyl groups is 1. The number of carbonyl (C=O) groups is 1. The number of phenols is 1. The summed E-state index contributed by atoms with van der Waals surface area (Å²) in [5, 5.41) is 18.1. The van der Waals surface area contributed by atoms with Gasteiger partial charge >= 0.3 is 5.97 Å². The number of para-hydroxylation sites is 1. The molecule has 1 unspecified atom stereocenters. The normalized spacial score (nSPS) is 11.4. The van der Waals surface area contributed by atoms with Crippen LogP contribution in [0.1, 0.15) is 34.0 Å². The second-order valence-corrected chi connectivity index (χ2v) is 7.21. The molecule has 0 aliphatic rings. The number of hydrogen-bond donors (Lipinski definition) is 2. The van der Waals surface area contributed by atoms with Gasteiger partial charge in [0.1, 0.15) is 11.3 Å². The van der Waals surface area contributed by atoms with Gasteiger partial charge in [-0.25, -0.2) is 4.79 Å². The van der Waals surface area contributed by atoms with Crippen molar-refractivity contribution in [1.82, 2.24) is 9.88 Å². The number of halogens is 1. The maximum absolute atomic E-state index is 10.3. The van der Waals surface area contributed by atoms with Crippen molar-refractivity contribution in [1.29, 1.82) is 0 Å². The number of aromatic carboxylic acids is 1. The molecule has 3 rings (SSSR count). The van der Waals surface area contributed by atoms with E-state index in [4.69, 9.17) is 21.8 Å². The zero-order valence-electron chi connectivity index (χ0n) is 16.5. The first-order chi connectivity index (χ1) is 13.9. The van der Waals surface area contributed by atoms with Crippen LogP contribution < -0.4 is 0 Å². The molecule has 152 valence electrons. The summed E-state index contributed by atoms with van der Waals surface area (Å²) in [6.45, 7) is 1.03. The van der Waals surface area contributed by atoms with E-state index >= 15 is 0 Å². The lowest BCUT2D eigenvalue weighted by atomic mass is 9.92. The van der Waals surface area contributed by atoms with Crippen LogP contribution in [0.15, 0.2) is 72.9 Å². The standard InChI is InChI=1S/C16H19ClN2.C7H6O3/c1-19(2)12-10-15(16-5-3-4-11-18-16)13-6-8-14(17)9-7-13;8-6-4-2-1-3-5(6)7(9)10/h3-9,11,15H,10,12H2,1-2H3;1-4,8H,(H,9,10). The van der Waals surface area contributed by atoms with Crippen molar-refractivity contribution >= 4 is 17.6 Å². The predicted octanol–water partition coefficient (Wildman–Crippen LogP) is 4.91. The predicted molar refractivity (Wildman–Crippen MR) is 116 cm³/mol. The van der Waals surface area contributed by atoms with Gasteiger partial charge in [0.2, 0.25) is 0 Å². The van der Waals surface area contributed by atoms with Crippen molar-refractivity contribution in [3.05, 3.63) is 94.8 Å². The first-order valence-corrected chi connectivity index (χ1v) is 9.58. The highest BCUT2D eigenvalue weighted by molar-refractivity contribution is 6.30. The van der Waals surface area contributed by atoms with Crippen LogP contribution >= 0.6 is 11.6 Å². The third-order valence-electron chi connectivity index (χ3n) is 4.32. The fourth-order valence-electron chi connectivity index (χ4n) is 2.80. The van der Waals surface area contributed by atoms with Crippen molar-refractivity contribution in [3.8, 4) is 5.75 Å². The van der Waals surface area contributed by atoms with Crippen LogP contribution in [0, 0.1) is 0 Å². The van der Waals surface area contributed by atoms with E-state index in [1.165, 1.54) is 17.7 Å². The molecule has 0 saturated heterocycles. The minimum absolute atomic E-state index is 0.0671. The lowest BCUT2D eigenvalue weighted by molar-refractivity contribution is 0.0693. The number of benzene rings is 2. The summed E-state index contributed by atoms with van der Waals surface area (Å²) in [5.41, 5.74) is 2.32. The molecule has 0 saturated carbocycles. The van der Waals surface area contributed by atoms with E-state index in [-0.39, 0.29) is 11.3 Å². The van der Waals surface area contributed by atoms with Gasteiger partial charge in [0.15, 0.2) is 0 Å². The van der Waals surface area contributed by atoms with Crippen LogP contribution in [-0.4, -0.2) is 46.7 Å². The van der Waals surface area contributed by atoms with Crippen LogP contribution in [0.3, 0.4) is 0 Å². The molecule has 29 heavy (non-hydrogen) atoms. The maximum Gasteiger partial charge on any atom is 0.339 e. The third-order valence-corrected chi connectivity index (χ3v) is 4.57. The van der Waals surface area contributed by atoms with Crippen molar-refractivity contribution in [2.75, 3.05) is 20.6 Å². The molecule has 0 amide bonds. The summed E-state index contributed by atoms with van der Waals surface area (Å²) < 4.78 is 0. The smallest absolute Gasteiger partial charge is 0.339 e. The van der Waals surface area contributed by atoms with Gasteiger partial charge < -0.3 is 15.1 Å². The highest BCUT2D eigenvalue weighted by Crippen LogP contribution is 2.27. The van der Waals surface area contributed by atoms with Gasteiger partial charge in [-0.3, -0.25) is 4.98 Å². The quantitative estimate of drug-likeness (QED) is 0.601. The Balaban J connectivity index is 0.000000253. The Morgan fingerprint density at radius 2 is 1.69 bits per heavy atom. The molecule has 6 heteroatoms. The van der Waals surface area contributed by atoms with E-state index < -0.39 is 5.97 Å². The van der Waals surface area contributed by atoms with Crippen molar-refractivity contribution in [2.24, 2.45) is 0 Å². The van der Waals surface area contributed by atoms with Gasteiger partial charge in [0, 0.05) is 22.8 Å². The van der Waals surface area contributed by atoms with E-state index in [2.05, 4.69) is 42.2 Å². The van der Waals surface area contributed by atoms with E-state index in [0.717, 1.165) is 23.7 Å². The minimum Gasteiger partial charge on any atom is -0.507 e. The Kier molecular flexibility index (Phi) is 8.65. The first kappa shape index (κ1) is 22.4. The molecule has 2 N–H and O–H groups in total. The Morgan fingerprint density at radius 1 is 1.03 bits per heavy atom. The lowest BCUT2D eigenvalue weighted by Crippen LogP contribution is -2.17. The summed E-state index contributed by atoms with van der Waals surface area (Å²) in [6.07, 6.45) is 2.90. The molecule has 1 atom stereocenters. The number of nitrogens with zero attached hydrogens (tertiary/aromatic N) is 2. The molecule has 0 bridgehead atoms. The Labute approximate surface area is 176 Å². The number of pyridine rings is 1. The van der Waals surface area contributed by atoms with Gasteiger partial charge in [-0.1, -0.05) is 41.9 Å². The van der Waals surface area contributed by atoms with Crippen LogP contribution in [0.2, 0.25) is 5.02 Å². The third kappa shape index (κ3) is 7.22. The second-order valence-electron chi connectivity index (χ2n) is 6.77. The van der Waals surface area contributed by atoms with E-state index in [1.807, 2.05) is 30.5 Å². The Bertz CT molecular complexity index is 900. The van der Waals surface area contributed by atoms with Gasteiger partial charge in [-0.05, 0) is 69.0 Å². The van der Waals surface area contributed by atoms with Crippen molar-refractivity contribution in [2.45, 2.75) is 12.3 Å². The summed E-state index contributed by atoms with van der Waals surface area (Å²) >= 11 is 5.97. The van der Waals surface area contributed by atoms with Gasteiger partial charge in [-0.2, -0.15) is 0 Å². The number of aromatic nitrogens is 1.